The Bertz CT molecular complexity index is 1220. The first-order valence-electron chi connectivity index (χ1n) is 11.7. The van der Waals surface area contributed by atoms with Crippen LogP contribution in [0.4, 0.5) is 5.69 Å². The van der Waals surface area contributed by atoms with Crippen molar-refractivity contribution >= 4 is 21.6 Å². The van der Waals surface area contributed by atoms with E-state index in [1.54, 1.807) is 30.3 Å². The molecule has 3 aromatic carbocycles. The van der Waals surface area contributed by atoms with Crippen molar-refractivity contribution in [1.82, 2.24) is 10.2 Å². The molecule has 0 spiro atoms. The van der Waals surface area contributed by atoms with Gasteiger partial charge in [-0.05, 0) is 42.3 Å². The van der Waals surface area contributed by atoms with Gasteiger partial charge in [-0.1, -0.05) is 60.2 Å². The van der Waals surface area contributed by atoms with Gasteiger partial charge in [-0.3, -0.25) is 14.0 Å². The van der Waals surface area contributed by atoms with E-state index >= 15 is 0 Å². The highest BCUT2D eigenvalue weighted by Gasteiger charge is 2.27. The highest BCUT2D eigenvalue weighted by atomic mass is 32.2. The second-order valence-electron chi connectivity index (χ2n) is 8.65. The number of anilines is 1. The summed E-state index contributed by atoms with van der Waals surface area (Å²) in [7, 11) is -3.91. The molecule has 0 bridgehead atoms. The molecule has 1 fully saturated rings. The Morgan fingerprint density at radius 3 is 2.34 bits per heavy atom. The Hall–Kier alpha value is -3.20. The molecule has 3 aromatic rings. The maximum atomic E-state index is 13.4. The van der Waals surface area contributed by atoms with E-state index in [9.17, 15) is 13.2 Å². The zero-order valence-corrected chi connectivity index (χ0v) is 20.7. The van der Waals surface area contributed by atoms with E-state index in [-0.39, 0.29) is 17.3 Å². The molecule has 0 unspecified atom stereocenters. The van der Waals surface area contributed by atoms with E-state index in [0.29, 0.717) is 12.2 Å². The van der Waals surface area contributed by atoms with Crippen LogP contribution in [0, 0.1) is 6.92 Å². The van der Waals surface area contributed by atoms with Gasteiger partial charge in [0.2, 0.25) is 5.91 Å². The number of nitrogens with one attached hydrogen (secondary N) is 1. The monoisotopic (exact) mass is 493 g/mol. The summed E-state index contributed by atoms with van der Waals surface area (Å²) < 4.78 is 33.4. The average Bonchev–Trinajstić information content (AvgIpc) is 2.88. The number of amides is 1. The van der Waals surface area contributed by atoms with E-state index in [2.05, 4.69) is 22.3 Å². The van der Waals surface area contributed by atoms with Crippen LogP contribution in [0.15, 0.2) is 83.8 Å². The van der Waals surface area contributed by atoms with Crippen molar-refractivity contribution in [2.24, 2.45) is 0 Å². The van der Waals surface area contributed by atoms with Gasteiger partial charge >= 0.3 is 0 Å². The summed E-state index contributed by atoms with van der Waals surface area (Å²) >= 11 is 0. The number of carbonyl (C=O) groups excluding carboxylic acids is 1. The molecule has 1 saturated heterocycles. The molecule has 8 heteroatoms. The minimum Gasteiger partial charge on any atom is -0.379 e. The standard InChI is InChI=1S/C27H31N3O4S/c1-22-10-12-25(13-11-22)30(35(32,33)26-8-3-2-4-9-26)21-27(31)28-19-23-6-5-7-24(18-23)20-29-14-16-34-17-15-29/h2-13,18H,14-17,19-21H2,1H3,(H,28,31). The van der Waals surface area contributed by atoms with Crippen LogP contribution >= 0.6 is 0 Å². The molecule has 1 N–H and O–H groups in total. The fourth-order valence-corrected chi connectivity index (χ4v) is 5.43. The van der Waals surface area contributed by atoms with Gasteiger partial charge in [0.25, 0.3) is 10.0 Å². The second-order valence-corrected chi connectivity index (χ2v) is 10.5. The van der Waals surface area contributed by atoms with Gasteiger partial charge in [-0.2, -0.15) is 0 Å². The quantitative estimate of drug-likeness (QED) is 0.495. The van der Waals surface area contributed by atoms with Crippen molar-refractivity contribution in [3.05, 3.63) is 95.6 Å². The first-order valence-corrected chi connectivity index (χ1v) is 13.1. The summed E-state index contributed by atoms with van der Waals surface area (Å²) in [4.78, 5) is 15.4. The molecule has 7 nitrogen and oxygen atoms in total. The predicted molar refractivity (Wildman–Crippen MR) is 137 cm³/mol. The summed E-state index contributed by atoms with van der Waals surface area (Å²) in [5.41, 5.74) is 3.60. The Balaban J connectivity index is 1.45. The summed E-state index contributed by atoms with van der Waals surface area (Å²) in [5.74, 6) is -0.372. The van der Waals surface area contributed by atoms with E-state index in [0.717, 1.165) is 48.3 Å². The van der Waals surface area contributed by atoms with E-state index in [1.165, 1.54) is 17.7 Å². The molecule has 0 aromatic heterocycles. The molecule has 0 saturated carbocycles. The molecule has 0 radical (unpaired) electrons. The smallest absolute Gasteiger partial charge is 0.264 e. The van der Waals surface area contributed by atoms with Crippen molar-refractivity contribution < 1.29 is 17.9 Å². The summed E-state index contributed by atoms with van der Waals surface area (Å²) in [6.45, 7) is 6.09. The third-order valence-corrected chi connectivity index (χ3v) is 7.72. The van der Waals surface area contributed by atoms with Gasteiger partial charge in [0, 0.05) is 26.2 Å². The third-order valence-electron chi connectivity index (χ3n) is 5.93. The number of aryl methyl sites for hydroxylation is 1. The SMILES string of the molecule is Cc1ccc(N(CC(=O)NCc2cccc(CN3CCOCC3)c2)S(=O)(=O)c2ccccc2)cc1. The van der Waals surface area contributed by atoms with Crippen LogP contribution in [0.1, 0.15) is 16.7 Å². The fourth-order valence-electron chi connectivity index (χ4n) is 3.99. The van der Waals surface area contributed by atoms with Crippen molar-refractivity contribution in [3.8, 4) is 0 Å². The topological polar surface area (TPSA) is 79.0 Å². The molecule has 0 atom stereocenters. The number of ether oxygens (including phenoxy) is 1. The van der Waals surface area contributed by atoms with Gasteiger partial charge in [0.05, 0.1) is 23.8 Å². The molecule has 4 rings (SSSR count). The second kappa shape index (κ2) is 11.5. The van der Waals surface area contributed by atoms with Gasteiger partial charge in [-0.15, -0.1) is 0 Å². The summed E-state index contributed by atoms with van der Waals surface area (Å²) in [5, 5.41) is 2.89. The number of hydrogen-bond acceptors (Lipinski definition) is 5. The number of carbonyl (C=O) groups is 1. The first kappa shape index (κ1) is 24.9. The lowest BCUT2D eigenvalue weighted by molar-refractivity contribution is -0.119. The van der Waals surface area contributed by atoms with Crippen LogP contribution in [0.2, 0.25) is 0 Å². The number of hydrogen-bond donors (Lipinski definition) is 1. The van der Waals surface area contributed by atoms with Crippen molar-refractivity contribution in [3.63, 3.8) is 0 Å². The molecule has 184 valence electrons. The zero-order valence-electron chi connectivity index (χ0n) is 19.9. The molecule has 35 heavy (non-hydrogen) atoms. The lowest BCUT2D eigenvalue weighted by atomic mass is 10.1. The highest BCUT2D eigenvalue weighted by Crippen LogP contribution is 2.24. The van der Waals surface area contributed by atoms with Crippen molar-refractivity contribution in [1.29, 1.82) is 0 Å². The molecular formula is C27H31N3O4S. The summed E-state index contributed by atoms with van der Waals surface area (Å²) in [6, 6.07) is 23.4. The van der Waals surface area contributed by atoms with Gasteiger partial charge < -0.3 is 10.1 Å². The van der Waals surface area contributed by atoms with Gasteiger partial charge in [0.15, 0.2) is 0 Å². The van der Waals surface area contributed by atoms with Gasteiger partial charge in [-0.25, -0.2) is 8.42 Å². The molecule has 0 aliphatic carbocycles. The van der Waals surface area contributed by atoms with Crippen molar-refractivity contribution in [2.45, 2.75) is 24.9 Å². The van der Waals surface area contributed by atoms with Gasteiger partial charge in [0.1, 0.15) is 6.54 Å². The fraction of sp³-hybridized carbons (Fsp3) is 0.296. The largest absolute Gasteiger partial charge is 0.379 e. The van der Waals surface area contributed by atoms with Crippen molar-refractivity contribution in [2.75, 3.05) is 37.2 Å². The number of benzene rings is 3. The maximum absolute atomic E-state index is 13.4. The van der Waals surface area contributed by atoms with Crippen LogP contribution in [0.3, 0.4) is 0 Å². The number of nitrogens with zero attached hydrogens (tertiary/aromatic N) is 2. The summed E-state index contributed by atoms with van der Waals surface area (Å²) in [6.07, 6.45) is 0. The minimum absolute atomic E-state index is 0.143. The highest BCUT2D eigenvalue weighted by molar-refractivity contribution is 7.92. The van der Waals surface area contributed by atoms with Crippen LogP contribution in [-0.2, 0) is 32.6 Å². The van der Waals surface area contributed by atoms with Crippen LogP contribution in [0.25, 0.3) is 0 Å². The molecule has 1 heterocycles. The average molecular weight is 494 g/mol. The number of morpholine rings is 1. The Kier molecular flexibility index (Phi) is 8.17. The number of sulfonamides is 1. The number of rotatable bonds is 9. The van der Waals surface area contributed by atoms with Crippen LogP contribution < -0.4 is 9.62 Å². The lowest BCUT2D eigenvalue weighted by Gasteiger charge is -2.26. The normalized spacial score (nSPS) is 14.4. The molecule has 1 aliphatic rings. The van der Waals surface area contributed by atoms with E-state index in [4.69, 9.17) is 4.74 Å². The molecular weight excluding hydrogens is 462 g/mol. The Labute approximate surface area is 207 Å². The Morgan fingerprint density at radius 2 is 1.63 bits per heavy atom. The minimum atomic E-state index is -3.91. The maximum Gasteiger partial charge on any atom is 0.264 e. The Morgan fingerprint density at radius 1 is 0.943 bits per heavy atom. The zero-order chi connectivity index (χ0) is 24.7. The van der Waals surface area contributed by atoms with Crippen LogP contribution in [-0.4, -0.2) is 52.1 Å². The van der Waals surface area contributed by atoms with E-state index < -0.39 is 10.0 Å². The molecule has 1 amide bonds. The van der Waals surface area contributed by atoms with Crippen LogP contribution in [0.5, 0.6) is 0 Å². The van der Waals surface area contributed by atoms with E-state index in [1.807, 2.05) is 31.2 Å². The third kappa shape index (κ3) is 6.69. The first-order chi connectivity index (χ1) is 16.9. The molecule has 1 aliphatic heterocycles. The lowest BCUT2D eigenvalue weighted by Crippen LogP contribution is -2.40. The predicted octanol–water partition coefficient (Wildman–Crippen LogP) is 3.34.